The highest BCUT2D eigenvalue weighted by Gasteiger charge is 2.26. The predicted molar refractivity (Wildman–Crippen MR) is 89.2 cm³/mol. The van der Waals surface area contributed by atoms with E-state index in [-0.39, 0.29) is 0 Å². The minimum Gasteiger partial charge on any atom is -0.618 e. The molecule has 1 aliphatic heterocycles. The number of ether oxygens (including phenoxy) is 1. The Hall–Kier alpha value is -2.66. The number of hydrogen-bond donors (Lipinski definition) is 0. The van der Waals surface area contributed by atoms with Gasteiger partial charge in [0, 0.05) is 19.2 Å². The van der Waals surface area contributed by atoms with E-state index in [9.17, 15) is 5.21 Å². The Morgan fingerprint density at radius 3 is 2.43 bits per heavy atom. The molecule has 0 aliphatic carbocycles. The van der Waals surface area contributed by atoms with E-state index in [0.29, 0.717) is 29.9 Å². The molecule has 0 amide bonds. The maximum atomic E-state index is 13.0. The number of morpholine rings is 1. The molecule has 5 nitrogen and oxygen atoms in total. The van der Waals surface area contributed by atoms with E-state index in [4.69, 9.17) is 9.72 Å². The van der Waals surface area contributed by atoms with Crippen molar-refractivity contribution in [3.8, 4) is 11.3 Å². The van der Waals surface area contributed by atoms with E-state index in [0.717, 1.165) is 29.2 Å². The molecule has 0 radical (unpaired) electrons. The number of para-hydroxylation sites is 2. The first-order chi connectivity index (χ1) is 11.3. The smallest absolute Gasteiger partial charge is 0.267 e. The van der Waals surface area contributed by atoms with Crippen LogP contribution in [-0.4, -0.2) is 31.3 Å². The van der Waals surface area contributed by atoms with Gasteiger partial charge in [-0.2, -0.15) is 4.73 Å². The molecule has 0 atom stereocenters. The summed E-state index contributed by atoms with van der Waals surface area (Å²) in [5.41, 5.74) is 2.78. The summed E-state index contributed by atoms with van der Waals surface area (Å²) in [5.74, 6) is 0.730. The number of aromatic nitrogens is 2. The van der Waals surface area contributed by atoms with Gasteiger partial charge in [-0.3, -0.25) is 0 Å². The third-order valence-corrected chi connectivity index (χ3v) is 4.10. The van der Waals surface area contributed by atoms with Crippen molar-refractivity contribution in [1.82, 2.24) is 4.98 Å². The lowest BCUT2D eigenvalue weighted by Gasteiger charge is -2.28. The Kier molecular flexibility index (Phi) is 3.55. The first-order valence-electron chi connectivity index (χ1n) is 7.75. The second kappa shape index (κ2) is 5.85. The van der Waals surface area contributed by atoms with Crippen LogP contribution in [0.15, 0.2) is 54.6 Å². The molecule has 5 heteroatoms. The molecule has 0 N–H and O–H groups in total. The van der Waals surface area contributed by atoms with Crippen molar-refractivity contribution >= 4 is 16.9 Å². The van der Waals surface area contributed by atoms with Crippen molar-refractivity contribution < 1.29 is 9.47 Å². The van der Waals surface area contributed by atoms with Crippen LogP contribution in [0.4, 0.5) is 5.82 Å². The quantitative estimate of drug-likeness (QED) is 0.539. The lowest BCUT2D eigenvalue weighted by Crippen LogP contribution is -2.40. The van der Waals surface area contributed by atoms with E-state index >= 15 is 0 Å². The molecule has 1 fully saturated rings. The summed E-state index contributed by atoms with van der Waals surface area (Å²) in [5, 5.41) is 13.0. The van der Waals surface area contributed by atoms with Gasteiger partial charge in [-0.1, -0.05) is 30.3 Å². The molecule has 0 bridgehead atoms. The van der Waals surface area contributed by atoms with Gasteiger partial charge in [0.25, 0.3) is 5.69 Å². The Balaban J connectivity index is 1.98. The van der Waals surface area contributed by atoms with Crippen molar-refractivity contribution in [3.05, 3.63) is 59.8 Å². The highest BCUT2D eigenvalue weighted by atomic mass is 16.5. The monoisotopic (exact) mass is 307 g/mol. The van der Waals surface area contributed by atoms with E-state index in [1.807, 2.05) is 54.6 Å². The van der Waals surface area contributed by atoms with Crippen molar-refractivity contribution in [3.63, 3.8) is 0 Å². The fourth-order valence-corrected chi connectivity index (χ4v) is 2.95. The van der Waals surface area contributed by atoms with Crippen LogP contribution < -0.4 is 9.63 Å². The zero-order valence-electron chi connectivity index (χ0n) is 12.7. The highest BCUT2D eigenvalue weighted by Crippen LogP contribution is 2.28. The molecule has 0 spiro atoms. The van der Waals surface area contributed by atoms with Crippen molar-refractivity contribution in [2.45, 2.75) is 0 Å². The van der Waals surface area contributed by atoms with Crippen LogP contribution in [0.3, 0.4) is 0 Å². The summed E-state index contributed by atoms with van der Waals surface area (Å²) < 4.78 is 6.43. The van der Waals surface area contributed by atoms with Crippen LogP contribution in [0.5, 0.6) is 0 Å². The second-order valence-corrected chi connectivity index (χ2v) is 5.53. The standard InChI is InChI=1S/C18H17N3O2/c22-21-16-9-5-4-8-15(16)19-18(20-10-12-23-13-11-20)17(21)14-6-2-1-3-7-14/h1-9H,10-13H2. The van der Waals surface area contributed by atoms with Crippen molar-refractivity contribution in [2.24, 2.45) is 0 Å². The third-order valence-electron chi connectivity index (χ3n) is 4.10. The van der Waals surface area contributed by atoms with Gasteiger partial charge in [0.1, 0.15) is 5.52 Å². The molecule has 23 heavy (non-hydrogen) atoms. The van der Waals surface area contributed by atoms with Gasteiger partial charge in [-0.15, -0.1) is 0 Å². The van der Waals surface area contributed by atoms with Crippen molar-refractivity contribution in [2.75, 3.05) is 31.2 Å². The summed E-state index contributed by atoms with van der Waals surface area (Å²) in [4.78, 5) is 6.92. The summed E-state index contributed by atoms with van der Waals surface area (Å²) in [7, 11) is 0. The maximum Gasteiger partial charge on any atom is 0.267 e. The molecule has 3 aromatic rings. The Morgan fingerprint density at radius 1 is 0.957 bits per heavy atom. The van der Waals surface area contributed by atoms with Gasteiger partial charge < -0.3 is 14.8 Å². The molecular weight excluding hydrogens is 290 g/mol. The molecule has 1 saturated heterocycles. The SMILES string of the molecule is [O-][n+]1c(-c2ccccc2)c(N2CCOCC2)nc2ccccc21. The molecule has 4 rings (SSSR count). The van der Waals surface area contributed by atoms with E-state index in [2.05, 4.69) is 4.90 Å². The molecule has 2 heterocycles. The van der Waals surface area contributed by atoms with Gasteiger partial charge in [0.2, 0.25) is 11.3 Å². The molecule has 0 saturated carbocycles. The fourth-order valence-electron chi connectivity index (χ4n) is 2.95. The van der Waals surface area contributed by atoms with E-state index in [1.165, 1.54) is 0 Å². The second-order valence-electron chi connectivity index (χ2n) is 5.53. The van der Waals surface area contributed by atoms with Gasteiger partial charge in [-0.05, 0) is 18.2 Å². The van der Waals surface area contributed by atoms with Crippen molar-refractivity contribution in [1.29, 1.82) is 0 Å². The largest absolute Gasteiger partial charge is 0.618 e. The number of benzene rings is 2. The van der Waals surface area contributed by atoms with Gasteiger partial charge >= 0.3 is 0 Å². The average Bonchev–Trinajstić information content (AvgIpc) is 2.63. The highest BCUT2D eigenvalue weighted by molar-refractivity contribution is 5.79. The molecular formula is C18H17N3O2. The topological polar surface area (TPSA) is 52.3 Å². The minimum absolute atomic E-state index is 0.586. The van der Waals surface area contributed by atoms with E-state index < -0.39 is 0 Å². The zero-order chi connectivity index (χ0) is 15.6. The van der Waals surface area contributed by atoms with Gasteiger partial charge in [0.05, 0.1) is 18.8 Å². The molecule has 2 aromatic carbocycles. The fraction of sp³-hybridized carbons (Fsp3) is 0.222. The third kappa shape index (κ3) is 2.49. The van der Waals surface area contributed by atoms with Crippen LogP contribution in [0.25, 0.3) is 22.3 Å². The zero-order valence-corrected chi connectivity index (χ0v) is 12.7. The van der Waals surface area contributed by atoms with Crippen LogP contribution in [0.1, 0.15) is 0 Å². The number of rotatable bonds is 2. The molecule has 1 aliphatic rings. The summed E-state index contributed by atoms with van der Waals surface area (Å²) in [6.45, 7) is 2.79. The van der Waals surface area contributed by atoms with Gasteiger partial charge in [0.15, 0.2) is 0 Å². The first-order valence-corrected chi connectivity index (χ1v) is 7.75. The number of hydrogen-bond acceptors (Lipinski definition) is 4. The van der Waals surface area contributed by atoms with Crippen LogP contribution in [0.2, 0.25) is 0 Å². The lowest BCUT2D eigenvalue weighted by atomic mass is 10.1. The van der Waals surface area contributed by atoms with Crippen LogP contribution >= 0.6 is 0 Å². The number of anilines is 1. The maximum absolute atomic E-state index is 13.0. The number of nitrogens with zero attached hydrogens (tertiary/aromatic N) is 3. The van der Waals surface area contributed by atoms with E-state index in [1.54, 1.807) is 0 Å². The molecule has 116 valence electrons. The predicted octanol–water partition coefficient (Wildman–Crippen LogP) is 2.37. The minimum atomic E-state index is 0.586. The lowest BCUT2D eigenvalue weighted by molar-refractivity contribution is -0.564. The van der Waals surface area contributed by atoms with Crippen LogP contribution in [-0.2, 0) is 4.74 Å². The molecule has 1 aromatic heterocycles. The Morgan fingerprint density at radius 2 is 1.65 bits per heavy atom. The number of fused-ring (bicyclic) bond motifs is 1. The Bertz CT molecular complexity index is 830. The average molecular weight is 307 g/mol. The Labute approximate surface area is 134 Å². The summed E-state index contributed by atoms with van der Waals surface area (Å²) in [6.07, 6.45) is 0. The van der Waals surface area contributed by atoms with Crippen LogP contribution in [0, 0.1) is 5.21 Å². The van der Waals surface area contributed by atoms with Gasteiger partial charge in [-0.25, -0.2) is 4.98 Å². The molecule has 0 unspecified atom stereocenters. The summed E-state index contributed by atoms with van der Waals surface area (Å²) in [6, 6.07) is 17.2. The normalized spacial score (nSPS) is 15.0. The first kappa shape index (κ1) is 14.0. The summed E-state index contributed by atoms with van der Waals surface area (Å²) >= 11 is 0.